The molecule has 0 aliphatic carbocycles. The summed E-state index contributed by atoms with van der Waals surface area (Å²) in [6.45, 7) is 4.62. The second-order valence-electron chi connectivity index (χ2n) is 3.57. The number of rotatable bonds is 6. The lowest BCUT2D eigenvalue weighted by molar-refractivity contribution is 0.146. The van der Waals surface area contributed by atoms with Crippen molar-refractivity contribution in [2.24, 2.45) is 0 Å². The number of anilines is 2. The number of ether oxygens (including phenoxy) is 1. The summed E-state index contributed by atoms with van der Waals surface area (Å²) in [6, 6.07) is 7.93. The van der Waals surface area contributed by atoms with Gasteiger partial charge >= 0.3 is 0 Å². The zero-order valence-electron chi connectivity index (χ0n) is 9.57. The second-order valence-corrected chi connectivity index (χ2v) is 3.57. The normalized spacial score (nSPS) is 10.3. The van der Waals surface area contributed by atoms with Crippen LogP contribution in [0.25, 0.3) is 0 Å². The highest BCUT2D eigenvalue weighted by molar-refractivity contribution is 5.55. The molecule has 0 aliphatic heterocycles. The van der Waals surface area contributed by atoms with Crippen molar-refractivity contribution in [3.05, 3.63) is 24.3 Å². The lowest BCUT2D eigenvalue weighted by Gasteiger charge is -2.19. The molecule has 0 saturated carbocycles. The van der Waals surface area contributed by atoms with Gasteiger partial charge < -0.3 is 15.4 Å². The first-order chi connectivity index (χ1) is 7.24. The van der Waals surface area contributed by atoms with Gasteiger partial charge in [0.2, 0.25) is 0 Å². The van der Waals surface area contributed by atoms with Crippen LogP contribution in [0, 0.1) is 0 Å². The molecule has 0 radical (unpaired) electrons. The van der Waals surface area contributed by atoms with Gasteiger partial charge in [-0.1, -0.05) is 6.07 Å². The third kappa shape index (κ3) is 4.21. The van der Waals surface area contributed by atoms with Gasteiger partial charge in [0.1, 0.15) is 0 Å². The molecule has 0 atom stereocenters. The van der Waals surface area contributed by atoms with Crippen LogP contribution < -0.4 is 10.6 Å². The molecule has 0 saturated heterocycles. The molecule has 0 aliphatic rings. The molecule has 0 spiro atoms. The smallest absolute Gasteiger partial charge is 0.0482 e. The molecule has 84 valence electrons. The summed E-state index contributed by atoms with van der Waals surface area (Å²) in [4.78, 5) is 2.19. The Morgan fingerprint density at radius 3 is 2.87 bits per heavy atom. The molecule has 3 heteroatoms. The molecule has 1 aromatic carbocycles. The Bertz CT molecular complexity index is 289. The second kappa shape index (κ2) is 6.30. The van der Waals surface area contributed by atoms with Gasteiger partial charge in [0.05, 0.1) is 0 Å². The van der Waals surface area contributed by atoms with Crippen molar-refractivity contribution in [1.29, 1.82) is 0 Å². The number of nitrogen functional groups attached to an aromatic ring is 1. The van der Waals surface area contributed by atoms with Gasteiger partial charge in [-0.15, -0.1) is 0 Å². The van der Waals surface area contributed by atoms with Crippen LogP contribution in [0.4, 0.5) is 11.4 Å². The third-order valence-electron chi connectivity index (χ3n) is 2.30. The van der Waals surface area contributed by atoms with E-state index in [1.54, 1.807) is 0 Å². The SMILES string of the molecule is CCOCCCN(C)c1cccc(N)c1. The van der Waals surface area contributed by atoms with Crippen molar-refractivity contribution in [2.45, 2.75) is 13.3 Å². The van der Waals surface area contributed by atoms with E-state index in [1.165, 1.54) is 0 Å². The molecular formula is C12H20N2O. The predicted molar refractivity (Wildman–Crippen MR) is 65.2 cm³/mol. The largest absolute Gasteiger partial charge is 0.399 e. The van der Waals surface area contributed by atoms with Crippen LogP contribution in [-0.4, -0.2) is 26.8 Å². The lowest BCUT2D eigenvalue weighted by Crippen LogP contribution is -2.19. The van der Waals surface area contributed by atoms with E-state index in [0.717, 1.165) is 37.6 Å². The van der Waals surface area contributed by atoms with Crippen LogP contribution in [0.3, 0.4) is 0 Å². The first-order valence-electron chi connectivity index (χ1n) is 5.38. The first-order valence-corrected chi connectivity index (χ1v) is 5.38. The minimum absolute atomic E-state index is 0.794. The van der Waals surface area contributed by atoms with Gasteiger partial charge in [0.25, 0.3) is 0 Å². The zero-order valence-corrected chi connectivity index (χ0v) is 9.57. The molecule has 0 unspecified atom stereocenters. The molecule has 15 heavy (non-hydrogen) atoms. The Kier molecular flexibility index (Phi) is 4.98. The fraction of sp³-hybridized carbons (Fsp3) is 0.500. The minimum Gasteiger partial charge on any atom is -0.399 e. The van der Waals surface area contributed by atoms with Gasteiger partial charge in [0, 0.05) is 38.2 Å². The summed E-state index contributed by atoms with van der Waals surface area (Å²) >= 11 is 0. The standard InChI is InChI=1S/C12H20N2O/c1-3-15-9-5-8-14(2)12-7-4-6-11(13)10-12/h4,6-7,10H,3,5,8-9,13H2,1-2H3. The number of benzene rings is 1. The highest BCUT2D eigenvalue weighted by atomic mass is 16.5. The Morgan fingerprint density at radius 1 is 1.40 bits per heavy atom. The maximum atomic E-state index is 5.72. The summed E-state index contributed by atoms with van der Waals surface area (Å²) in [6.07, 6.45) is 1.04. The molecule has 3 nitrogen and oxygen atoms in total. The Hall–Kier alpha value is -1.22. The van der Waals surface area contributed by atoms with Crippen LogP contribution in [0.5, 0.6) is 0 Å². The van der Waals surface area contributed by atoms with E-state index in [1.807, 2.05) is 25.1 Å². The van der Waals surface area contributed by atoms with E-state index < -0.39 is 0 Å². The summed E-state index contributed by atoms with van der Waals surface area (Å²) in [5, 5.41) is 0. The molecule has 1 aromatic rings. The fourth-order valence-corrected chi connectivity index (χ4v) is 1.44. The van der Waals surface area contributed by atoms with E-state index >= 15 is 0 Å². The maximum absolute atomic E-state index is 5.72. The molecular weight excluding hydrogens is 188 g/mol. The van der Waals surface area contributed by atoms with Gasteiger partial charge in [-0.2, -0.15) is 0 Å². The number of nitrogens with two attached hydrogens (primary N) is 1. The zero-order chi connectivity index (χ0) is 11.1. The fourth-order valence-electron chi connectivity index (χ4n) is 1.44. The minimum atomic E-state index is 0.794. The van der Waals surface area contributed by atoms with Crippen molar-refractivity contribution in [1.82, 2.24) is 0 Å². The van der Waals surface area contributed by atoms with E-state index in [-0.39, 0.29) is 0 Å². The Morgan fingerprint density at radius 2 is 2.20 bits per heavy atom. The Balaban J connectivity index is 2.36. The van der Waals surface area contributed by atoms with Gasteiger partial charge in [-0.05, 0) is 31.5 Å². The molecule has 0 fully saturated rings. The Labute approximate surface area is 91.8 Å². The van der Waals surface area contributed by atoms with Gasteiger partial charge in [0.15, 0.2) is 0 Å². The summed E-state index contributed by atoms with van der Waals surface area (Å²) in [5.74, 6) is 0. The van der Waals surface area contributed by atoms with Crippen LogP contribution >= 0.6 is 0 Å². The quantitative estimate of drug-likeness (QED) is 0.575. The average Bonchev–Trinajstić information content (AvgIpc) is 2.24. The van der Waals surface area contributed by atoms with E-state index in [0.29, 0.717) is 0 Å². The van der Waals surface area contributed by atoms with Crippen molar-refractivity contribution in [3.63, 3.8) is 0 Å². The number of hydrogen-bond donors (Lipinski definition) is 1. The highest BCUT2D eigenvalue weighted by Crippen LogP contribution is 2.15. The van der Waals surface area contributed by atoms with Crippen molar-refractivity contribution < 1.29 is 4.74 Å². The molecule has 0 bridgehead atoms. The van der Waals surface area contributed by atoms with E-state index in [4.69, 9.17) is 10.5 Å². The van der Waals surface area contributed by atoms with Gasteiger partial charge in [-0.3, -0.25) is 0 Å². The summed E-state index contributed by atoms with van der Waals surface area (Å²) in [5.41, 5.74) is 7.69. The lowest BCUT2D eigenvalue weighted by atomic mass is 10.2. The van der Waals surface area contributed by atoms with Crippen molar-refractivity contribution >= 4 is 11.4 Å². The van der Waals surface area contributed by atoms with Crippen LogP contribution in [0.2, 0.25) is 0 Å². The highest BCUT2D eigenvalue weighted by Gasteiger charge is 2.00. The molecule has 1 rings (SSSR count). The predicted octanol–water partition coefficient (Wildman–Crippen LogP) is 2.13. The molecule has 2 N–H and O–H groups in total. The van der Waals surface area contributed by atoms with Crippen molar-refractivity contribution in [3.8, 4) is 0 Å². The van der Waals surface area contributed by atoms with Crippen LogP contribution in [0.1, 0.15) is 13.3 Å². The van der Waals surface area contributed by atoms with Crippen molar-refractivity contribution in [2.75, 3.05) is 37.4 Å². The molecule has 0 aromatic heterocycles. The van der Waals surface area contributed by atoms with Gasteiger partial charge in [-0.25, -0.2) is 0 Å². The topological polar surface area (TPSA) is 38.5 Å². The van der Waals surface area contributed by atoms with E-state index in [9.17, 15) is 0 Å². The number of nitrogens with zero attached hydrogens (tertiary/aromatic N) is 1. The maximum Gasteiger partial charge on any atom is 0.0482 e. The summed E-state index contributed by atoms with van der Waals surface area (Å²) in [7, 11) is 2.07. The van der Waals surface area contributed by atoms with Crippen LogP contribution in [-0.2, 0) is 4.74 Å². The van der Waals surface area contributed by atoms with Crippen LogP contribution in [0.15, 0.2) is 24.3 Å². The molecule has 0 amide bonds. The molecule has 0 heterocycles. The average molecular weight is 208 g/mol. The monoisotopic (exact) mass is 208 g/mol. The summed E-state index contributed by atoms with van der Waals surface area (Å²) < 4.78 is 5.29. The first kappa shape index (κ1) is 11.9. The van der Waals surface area contributed by atoms with E-state index in [2.05, 4.69) is 18.0 Å². The number of hydrogen-bond acceptors (Lipinski definition) is 3. The third-order valence-corrected chi connectivity index (χ3v) is 2.30.